The van der Waals surface area contributed by atoms with Gasteiger partial charge in [0.15, 0.2) is 0 Å². The van der Waals surface area contributed by atoms with E-state index in [0.29, 0.717) is 5.92 Å². The molecule has 0 fully saturated rings. The van der Waals surface area contributed by atoms with E-state index in [1.165, 1.54) is 74.3 Å². The Morgan fingerprint density at radius 1 is 0.833 bits per heavy atom. The summed E-state index contributed by atoms with van der Waals surface area (Å²) in [7, 11) is 0. The summed E-state index contributed by atoms with van der Waals surface area (Å²) in [6.07, 6.45) is 6.69. The number of benzene rings is 3. The summed E-state index contributed by atoms with van der Waals surface area (Å²) >= 11 is 1.30. The molecule has 1 unspecified atom stereocenters. The molecule has 3 aromatic carbocycles. The van der Waals surface area contributed by atoms with Crippen molar-refractivity contribution in [2.45, 2.75) is 72.6 Å². The molecule has 5 rings (SSSR count). The summed E-state index contributed by atoms with van der Waals surface area (Å²) in [5.41, 5.74) is 12.7. The molecule has 3 aromatic rings. The molecule has 0 bridgehead atoms. The van der Waals surface area contributed by atoms with E-state index in [4.69, 9.17) is 0 Å². The van der Waals surface area contributed by atoms with Crippen LogP contribution in [-0.4, -0.2) is 4.21 Å². The third kappa shape index (κ3) is 6.60. The normalized spacial score (nSPS) is 16.0. The molecule has 0 aliphatic heterocycles. The third-order valence-electron chi connectivity index (χ3n) is 6.88. The van der Waals surface area contributed by atoms with Crippen LogP contribution in [0, 0.1) is 18.1 Å². The van der Waals surface area contributed by atoms with Gasteiger partial charge in [-0.2, -0.15) is 41.0 Å². The molecule has 0 amide bonds. The quantitative estimate of drug-likeness (QED) is 0.207. The van der Waals surface area contributed by atoms with Gasteiger partial charge in [-0.1, -0.05) is 126 Å². The van der Waals surface area contributed by atoms with Gasteiger partial charge in [0.25, 0.3) is 0 Å². The SMILES string of the molecule is CC(C)(C)c1c[c-]c2c(c1)-c1cc(C(C)(C)C)ccc1C2.CC1=[C-]C(C)C=C1c1ccccc1.[CH2]=[Zr+2]. The zero-order valence-electron chi connectivity index (χ0n) is 23.3. The van der Waals surface area contributed by atoms with E-state index in [1.807, 2.05) is 6.07 Å². The second-order valence-electron chi connectivity index (χ2n) is 11.8. The minimum atomic E-state index is 0.177. The van der Waals surface area contributed by atoms with Crippen LogP contribution in [-0.2, 0) is 41.5 Å². The van der Waals surface area contributed by atoms with Crippen molar-refractivity contribution >= 4 is 9.78 Å². The second kappa shape index (κ2) is 11.5. The molecule has 0 spiro atoms. The minimum absolute atomic E-state index is 0.177. The Kier molecular flexibility index (Phi) is 9.11. The first kappa shape index (κ1) is 28.5. The average Bonchev–Trinajstić information content (AvgIpc) is 3.38. The Balaban J connectivity index is 0.000000206. The fraction of sp³-hybridized carbons (Fsp3) is 0.343. The van der Waals surface area contributed by atoms with E-state index in [2.05, 4.69) is 132 Å². The maximum absolute atomic E-state index is 3.53. The first-order valence-corrected chi connectivity index (χ1v) is 14.6. The number of hydrogen-bond donors (Lipinski definition) is 0. The molecule has 184 valence electrons. The van der Waals surface area contributed by atoms with Gasteiger partial charge < -0.3 is 0 Å². The number of hydrogen-bond acceptors (Lipinski definition) is 0. The van der Waals surface area contributed by atoms with Crippen LogP contribution in [0.3, 0.4) is 0 Å². The second-order valence-corrected chi connectivity index (χ2v) is 11.8. The van der Waals surface area contributed by atoms with Gasteiger partial charge in [0.05, 0.1) is 0 Å². The molecule has 1 atom stereocenters. The van der Waals surface area contributed by atoms with Gasteiger partial charge in [-0.25, -0.2) is 5.57 Å². The molecule has 0 heterocycles. The molecule has 0 saturated carbocycles. The van der Waals surface area contributed by atoms with Crippen LogP contribution < -0.4 is 0 Å². The fourth-order valence-electron chi connectivity index (χ4n) is 4.75. The van der Waals surface area contributed by atoms with Crippen LogP contribution in [0.25, 0.3) is 16.7 Å². The molecule has 0 radical (unpaired) electrons. The van der Waals surface area contributed by atoms with Crippen LogP contribution in [0.4, 0.5) is 0 Å². The van der Waals surface area contributed by atoms with Crippen LogP contribution in [0.15, 0.2) is 72.3 Å². The van der Waals surface area contributed by atoms with Gasteiger partial charge >= 0.3 is 28.4 Å². The van der Waals surface area contributed by atoms with E-state index in [0.717, 1.165) is 6.42 Å². The van der Waals surface area contributed by atoms with E-state index < -0.39 is 0 Å². The van der Waals surface area contributed by atoms with E-state index in [1.54, 1.807) is 0 Å². The van der Waals surface area contributed by atoms with Gasteiger partial charge in [-0.05, 0) is 17.4 Å². The van der Waals surface area contributed by atoms with Gasteiger partial charge in [-0.3, -0.25) is 6.08 Å². The molecule has 0 nitrogen and oxygen atoms in total. The standard InChI is InChI=1S/C21H25.C13H13.CH2.Zr/c1-20(2,3)16-9-7-14-11-15-8-10-17(21(4,5)6)13-19(15)18(14)12-16;1-10-8-11(2)13(9-10)12-6-4-3-5-7-12;;/h7,9-10,12-13H,11H2,1-6H3;3-7,9-10H,1-2H3;1H2;/q2*-1;;+2. The molecule has 0 saturated heterocycles. The van der Waals surface area contributed by atoms with E-state index >= 15 is 0 Å². The van der Waals surface area contributed by atoms with Crippen molar-refractivity contribution in [1.29, 1.82) is 0 Å². The molecule has 36 heavy (non-hydrogen) atoms. The summed E-state index contributed by atoms with van der Waals surface area (Å²) in [5, 5.41) is 0. The van der Waals surface area contributed by atoms with Crippen LogP contribution in [0.2, 0.25) is 0 Å². The Labute approximate surface area is 234 Å². The van der Waals surface area contributed by atoms with Crippen molar-refractivity contribution < 1.29 is 24.2 Å². The zero-order valence-corrected chi connectivity index (χ0v) is 25.8. The molecular formula is C35H40Zr. The van der Waals surface area contributed by atoms with Gasteiger partial charge in [-0.15, -0.1) is 11.1 Å². The van der Waals surface area contributed by atoms with Gasteiger partial charge in [0, 0.05) is 0 Å². The molecule has 1 heteroatoms. The van der Waals surface area contributed by atoms with Gasteiger partial charge in [0.1, 0.15) is 0 Å². The molecule has 0 aromatic heterocycles. The van der Waals surface area contributed by atoms with Crippen molar-refractivity contribution in [3.05, 3.63) is 112 Å². The van der Waals surface area contributed by atoms with Crippen molar-refractivity contribution in [2.75, 3.05) is 0 Å². The molecule has 2 aliphatic carbocycles. The summed E-state index contributed by atoms with van der Waals surface area (Å²) in [6, 6.07) is 25.6. The topological polar surface area (TPSA) is 0 Å². The van der Waals surface area contributed by atoms with Crippen LogP contribution in [0.1, 0.15) is 83.2 Å². The molecule has 2 aliphatic rings. The number of rotatable bonds is 1. The predicted molar refractivity (Wildman–Crippen MR) is 154 cm³/mol. The first-order valence-electron chi connectivity index (χ1n) is 12.9. The van der Waals surface area contributed by atoms with Crippen molar-refractivity contribution in [3.63, 3.8) is 0 Å². The number of allylic oxidation sites excluding steroid dienone is 4. The van der Waals surface area contributed by atoms with E-state index in [-0.39, 0.29) is 10.8 Å². The fourth-order valence-corrected chi connectivity index (χ4v) is 4.75. The first-order chi connectivity index (χ1) is 16.9. The Bertz CT molecular complexity index is 1200. The summed E-state index contributed by atoms with van der Waals surface area (Å²) in [4.78, 5) is 0. The van der Waals surface area contributed by atoms with Crippen LogP contribution >= 0.6 is 0 Å². The van der Waals surface area contributed by atoms with Gasteiger partial charge in [0.2, 0.25) is 0 Å². The average molecular weight is 552 g/mol. The van der Waals surface area contributed by atoms with Crippen molar-refractivity contribution in [3.8, 4) is 11.1 Å². The number of fused-ring (bicyclic) bond motifs is 3. The summed E-state index contributed by atoms with van der Waals surface area (Å²) < 4.78 is 3.34. The molecular weight excluding hydrogens is 512 g/mol. The van der Waals surface area contributed by atoms with Crippen molar-refractivity contribution in [2.24, 2.45) is 5.92 Å². The Hall–Kier alpha value is -2.11. The van der Waals surface area contributed by atoms with E-state index in [9.17, 15) is 0 Å². The zero-order chi connectivity index (χ0) is 26.7. The molecule has 0 N–H and O–H groups in total. The monoisotopic (exact) mass is 550 g/mol. The maximum atomic E-state index is 3.53. The van der Waals surface area contributed by atoms with Crippen LogP contribution in [0.5, 0.6) is 0 Å². The third-order valence-corrected chi connectivity index (χ3v) is 6.88. The Morgan fingerprint density at radius 3 is 2.00 bits per heavy atom. The summed E-state index contributed by atoms with van der Waals surface area (Å²) in [6.45, 7) is 17.9. The predicted octanol–water partition coefficient (Wildman–Crippen LogP) is 9.09. The Morgan fingerprint density at radius 2 is 1.44 bits per heavy atom. The summed E-state index contributed by atoms with van der Waals surface area (Å²) in [5.74, 6) is 0.468. The van der Waals surface area contributed by atoms with Crippen molar-refractivity contribution in [1.82, 2.24) is 0 Å².